The van der Waals surface area contributed by atoms with Crippen molar-refractivity contribution in [3.8, 4) is 0 Å². The fourth-order valence-electron chi connectivity index (χ4n) is 1.48. The Kier molecular flexibility index (Phi) is 6.36. The first-order chi connectivity index (χ1) is 9.15. The standard InChI is InChI=1S/C15H19NO3/c1-3-5-14(17)16-13-9-6-12(7-10-13)8-11-15(18)19-4-2/h6-11H,3-5H2,1-2H3,(H,16,17)/b11-8+. The van der Waals surface area contributed by atoms with Gasteiger partial charge in [-0.3, -0.25) is 4.79 Å². The van der Waals surface area contributed by atoms with E-state index in [4.69, 9.17) is 4.74 Å². The van der Waals surface area contributed by atoms with Gasteiger partial charge in [0.2, 0.25) is 5.91 Å². The molecule has 0 aliphatic carbocycles. The summed E-state index contributed by atoms with van der Waals surface area (Å²) in [6.45, 7) is 4.09. The van der Waals surface area contributed by atoms with E-state index in [0.29, 0.717) is 13.0 Å². The molecule has 0 saturated heterocycles. The Labute approximate surface area is 113 Å². The maximum absolute atomic E-state index is 11.4. The second kappa shape index (κ2) is 8.08. The van der Waals surface area contributed by atoms with Gasteiger partial charge in [0.05, 0.1) is 6.61 Å². The number of hydrogen-bond acceptors (Lipinski definition) is 3. The Morgan fingerprint density at radius 2 is 1.89 bits per heavy atom. The summed E-state index contributed by atoms with van der Waals surface area (Å²) in [5.41, 5.74) is 1.63. The van der Waals surface area contributed by atoms with Gasteiger partial charge in [-0.25, -0.2) is 4.79 Å². The fraction of sp³-hybridized carbons (Fsp3) is 0.333. The highest BCUT2D eigenvalue weighted by Gasteiger charge is 2.00. The van der Waals surface area contributed by atoms with Crippen LogP contribution in [0.4, 0.5) is 5.69 Å². The van der Waals surface area contributed by atoms with Crippen LogP contribution in [0.25, 0.3) is 6.08 Å². The summed E-state index contributed by atoms with van der Waals surface area (Å²) in [5, 5.41) is 2.80. The largest absolute Gasteiger partial charge is 0.463 e. The number of ether oxygens (including phenoxy) is 1. The second-order valence-corrected chi connectivity index (χ2v) is 4.01. The number of benzene rings is 1. The van der Waals surface area contributed by atoms with Crippen molar-refractivity contribution in [3.05, 3.63) is 35.9 Å². The van der Waals surface area contributed by atoms with Crippen LogP contribution in [0.2, 0.25) is 0 Å². The predicted octanol–water partition coefficient (Wildman–Crippen LogP) is 3.00. The van der Waals surface area contributed by atoms with Crippen LogP contribution in [0.15, 0.2) is 30.3 Å². The molecule has 4 nitrogen and oxygen atoms in total. The molecule has 4 heteroatoms. The lowest BCUT2D eigenvalue weighted by atomic mass is 10.2. The summed E-state index contributed by atoms with van der Waals surface area (Å²) in [7, 11) is 0. The van der Waals surface area contributed by atoms with Gasteiger partial charge in [-0.2, -0.15) is 0 Å². The minimum Gasteiger partial charge on any atom is -0.463 e. The third kappa shape index (κ3) is 5.86. The number of hydrogen-bond donors (Lipinski definition) is 1. The van der Waals surface area contributed by atoms with Crippen LogP contribution in [-0.2, 0) is 14.3 Å². The number of carbonyl (C=O) groups excluding carboxylic acids is 2. The predicted molar refractivity (Wildman–Crippen MR) is 75.6 cm³/mol. The smallest absolute Gasteiger partial charge is 0.330 e. The number of amides is 1. The van der Waals surface area contributed by atoms with Crippen molar-refractivity contribution in [1.29, 1.82) is 0 Å². The highest BCUT2D eigenvalue weighted by atomic mass is 16.5. The molecule has 0 atom stereocenters. The second-order valence-electron chi connectivity index (χ2n) is 4.01. The van der Waals surface area contributed by atoms with E-state index in [1.807, 2.05) is 19.1 Å². The molecular formula is C15H19NO3. The van der Waals surface area contributed by atoms with Gasteiger partial charge >= 0.3 is 5.97 Å². The molecule has 19 heavy (non-hydrogen) atoms. The van der Waals surface area contributed by atoms with E-state index >= 15 is 0 Å². The molecule has 102 valence electrons. The number of rotatable bonds is 6. The lowest BCUT2D eigenvalue weighted by molar-refractivity contribution is -0.137. The van der Waals surface area contributed by atoms with Crippen molar-refractivity contribution < 1.29 is 14.3 Å². The Morgan fingerprint density at radius 1 is 1.21 bits per heavy atom. The number of carbonyl (C=O) groups is 2. The highest BCUT2D eigenvalue weighted by molar-refractivity contribution is 5.91. The van der Waals surface area contributed by atoms with E-state index in [1.165, 1.54) is 6.08 Å². The van der Waals surface area contributed by atoms with E-state index in [-0.39, 0.29) is 11.9 Å². The lowest BCUT2D eigenvalue weighted by Gasteiger charge is -2.04. The summed E-state index contributed by atoms with van der Waals surface area (Å²) in [5.74, 6) is -0.347. The Bertz CT molecular complexity index is 449. The molecule has 0 heterocycles. The Balaban J connectivity index is 2.56. The number of nitrogens with one attached hydrogen (secondary N) is 1. The average molecular weight is 261 g/mol. The number of esters is 1. The maximum Gasteiger partial charge on any atom is 0.330 e. The molecule has 1 aromatic rings. The van der Waals surface area contributed by atoms with Crippen LogP contribution in [0.3, 0.4) is 0 Å². The zero-order valence-corrected chi connectivity index (χ0v) is 11.3. The molecule has 0 radical (unpaired) electrons. The topological polar surface area (TPSA) is 55.4 Å². The van der Waals surface area contributed by atoms with Crippen molar-refractivity contribution >= 4 is 23.6 Å². The third-order valence-corrected chi connectivity index (χ3v) is 2.37. The zero-order chi connectivity index (χ0) is 14.1. The summed E-state index contributed by atoms with van der Waals surface area (Å²) < 4.78 is 4.78. The van der Waals surface area contributed by atoms with E-state index in [9.17, 15) is 9.59 Å². The molecule has 1 aromatic carbocycles. The van der Waals surface area contributed by atoms with Crippen molar-refractivity contribution in [3.63, 3.8) is 0 Å². The molecule has 0 aliphatic rings. The summed E-state index contributed by atoms with van der Waals surface area (Å²) >= 11 is 0. The average Bonchev–Trinajstić information content (AvgIpc) is 2.38. The Morgan fingerprint density at radius 3 is 2.47 bits per heavy atom. The van der Waals surface area contributed by atoms with E-state index in [1.54, 1.807) is 25.1 Å². The van der Waals surface area contributed by atoms with Crippen molar-refractivity contribution in [2.24, 2.45) is 0 Å². The van der Waals surface area contributed by atoms with Gasteiger partial charge in [0.15, 0.2) is 0 Å². The molecule has 0 saturated carbocycles. The van der Waals surface area contributed by atoms with E-state index < -0.39 is 0 Å². The minimum atomic E-state index is -0.358. The van der Waals surface area contributed by atoms with Crippen molar-refractivity contribution in [2.45, 2.75) is 26.7 Å². The monoisotopic (exact) mass is 261 g/mol. The van der Waals surface area contributed by atoms with Gasteiger partial charge < -0.3 is 10.1 Å². The summed E-state index contributed by atoms with van der Waals surface area (Å²) in [4.78, 5) is 22.5. The zero-order valence-electron chi connectivity index (χ0n) is 11.3. The van der Waals surface area contributed by atoms with Crippen molar-refractivity contribution in [1.82, 2.24) is 0 Å². The van der Waals surface area contributed by atoms with Crippen LogP contribution in [-0.4, -0.2) is 18.5 Å². The van der Waals surface area contributed by atoms with Crippen LogP contribution < -0.4 is 5.32 Å². The van der Waals surface area contributed by atoms with Gasteiger partial charge in [-0.1, -0.05) is 19.1 Å². The van der Waals surface area contributed by atoms with E-state index in [2.05, 4.69) is 5.32 Å². The first kappa shape index (κ1) is 15.0. The summed E-state index contributed by atoms with van der Waals surface area (Å²) in [6.07, 6.45) is 4.40. The van der Waals surface area contributed by atoms with Gasteiger partial charge in [0.1, 0.15) is 0 Å². The van der Waals surface area contributed by atoms with E-state index in [0.717, 1.165) is 17.7 Å². The highest BCUT2D eigenvalue weighted by Crippen LogP contribution is 2.11. The normalized spacial score (nSPS) is 10.4. The minimum absolute atomic E-state index is 0.0114. The van der Waals surface area contributed by atoms with Crippen LogP contribution in [0.1, 0.15) is 32.3 Å². The third-order valence-electron chi connectivity index (χ3n) is 2.37. The fourth-order valence-corrected chi connectivity index (χ4v) is 1.48. The maximum atomic E-state index is 11.4. The molecule has 1 amide bonds. The molecule has 1 rings (SSSR count). The quantitative estimate of drug-likeness (QED) is 0.632. The molecule has 1 N–H and O–H groups in total. The molecule has 0 aromatic heterocycles. The van der Waals surface area contributed by atoms with Gasteiger partial charge in [0, 0.05) is 18.2 Å². The van der Waals surface area contributed by atoms with Crippen LogP contribution >= 0.6 is 0 Å². The van der Waals surface area contributed by atoms with Gasteiger partial charge in [-0.05, 0) is 37.1 Å². The lowest BCUT2D eigenvalue weighted by Crippen LogP contribution is -2.10. The molecule has 0 unspecified atom stereocenters. The van der Waals surface area contributed by atoms with Crippen molar-refractivity contribution in [2.75, 3.05) is 11.9 Å². The van der Waals surface area contributed by atoms with Gasteiger partial charge in [-0.15, -0.1) is 0 Å². The molecule has 0 bridgehead atoms. The van der Waals surface area contributed by atoms with Gasteiger partial charge in [0.25, 0.3) is 0 Å². The molecular weight excluding hydrogens is 242 g/mol. The summed E-state index contributed by atoms with van der Waals surface area (Å²) in [6, 6.07) is 7.27. The first-order valence-electron chi connectivity index (χ1n) is 6.40. The molecule has 0 spiro atoms. The molecule has 0 aliphatic heterocycles. The number of anilines is 1. The van der Waals surface area contributed by atoms with Crippen LogP contribution in [0, 0.1) is 0 Å². The van der Waals surface area contributed by atoms with Crippen LogP contribution in [0.5, 0.6) is 0 Å². The Hall–Kier alpha value is -2.10. The first-order valence-corrected chi connectivity index (χ1v) is 6.40. The molecule has 0 fully saturated rings. The SMILES string of the molecule is CCCC(=O)Nc1ccc(/C=C/C(=O)OCC)cc1.